The van der Waals surface area contributed by atoms with E-state index in [1.54, 1.807) is 60.3 Å². The van der Waals surface area contributed by atoms with Crippen LogP contribution in [0.4, 0.5) is 0 Å². The predicted octanol–water partition coefficient (Wildman–Crippen LogP) is 3.36. The maximum Gasteiger partial charge on any atom is 0.261 e. The van der Waals surface area contributed by atoms with Crippen LogP contribution in [0, 0.1) is 11.3 Å². The van der Waals surface area contributed by atoms with Crippen LogP contribution in [-0.2, 0) is 0 Å². The minimum Gasteiger partial charge on any atom is -0.493 e. The summed E-state index contributed by atoms with van der Waals surface area (Å²) in [6, 6.07) is 16.0. The summed E-state index contributed by atoms with van der Waals surface area (Å²) in [5, 5.41) is 8.75. The van der Waals surface area contributed by atoms with Crippen molar-refractivity contribution in [2.45, 2.75) is 6.42 Å². The number of rotatable bonds is 8. The Hall–Kier alpha value is -2.78. The van der Waals surface area contributed by atoms with Gasteiger partial charge in [0.25, 0.3) is 11.8 Å². The molecule has 0 atom stereocenters. The number of ether oxygens (including phenoxy) is 1. The highest BCUT2D eigenvalue weighted by molar-refractivity contribution is 7.99. The lowest BCUT2D eigenvalue weighted by atomic mass is 10.1. The van der Waals surface area contributed by atoms with Crippen molar-refractivity contribution < 1.29 is 14.3 Å². The van der Waals surface area contributed by atoms with Crippen molar-refractivity contribution in [3.05, 3.63) is 65.2 Å². The number of benzene rings is 2. The minimum absolute atomic E-state index is 0.195. The molecule has 0 saturated carbocycles. The number of carbonyl (C=O) groups is 2. The van der Waals surface area contributed by atoms with Gasteiger partial charge in [-0.2, -0.15) is 17.0 Å². The van der Waals surface area contributed by atoms with Crippen LogP contribution in [0.3, 0.4) is 0 Å². The molecule has 3 rings (SSSR count). The van der Waals surface area contributed by atoms with Crippen molar-refractivity contribution in [2.24, 2.45) is 0 Å². The summed E-state index contributed by atoms with van der Waals surface area (Å²) < 4.78 is 5.61. The first-order chi connectivity index (χ1) is 12.7. The molecule has 5 nitrogen and oxygen atoms in total. The maximum absolute atomic E-state index is 12.2. The number of thioether (sulfide) groups is 1. The highest BCUT2D eigenvalue weighted by Crippen LogP contribution is 2.22. The molecule has 1 aliphatic heterocycles. The van der Waals surface area contributed by atoms with Crippen LogP contribution in [0.1, 0.15) is 32.7 Å². The molecule has 0 aliphatic carbocycles. The zero-order valence-electron chi connectivity index (χ0n) is 14.2. The van der Waals surface area contributed by atoms with Crippen molar-refractivity contribution in [3.63, 3.8) is 0 Å². The number of nitrogens with zero attached hydrogens (tertiary/aromatic N) is 2. The fourth-order valence-corrected chi connectivity index (χ4v) is 3.45. The number of hydrogen-bond acceptors (Lipinski definition) is 5. The van der Waals surface area contributed by atoms with Crippen molar-refractivity contribution in [2.75, 3.05) is 24.7 Å². The Morgan fingerprint density at radius 2 is 1.62 bits per heavy atom. The summed E-state index contributed by atoms with van der Waals surface area (Å²) in [7, 11) is 0. The van der Waals surface area contributed by atoms with E-state index < -0.39 is 0 Å². The van der Waals surface area contributed by atoms with Gasteiger partial charge in [0.1, 0.15) is 5.75 Å². The van der Waals surface area contributed by atoms with Crippen LogP contribution < -0.4 is 4.74 Å². The highest BCUT2D eigenvalue weighted by atomic mass is 32.2. The SMILES string of the molecule is N#Cc1ccc(OCCSCCCN2C(=O)c3ccccc3C2=O)cc1. The maximum atomic E-state index is 12.2. The molecular formula is C20H18N2O3S. The molecule has 0 bridgehead atoms. The first kappa shape index (κ1) is 18.0. The van der Waals surface area contributed by atoms with E-state index in [0.717, 1.165) is 23.7 Å². The molecule has 2 amide bonds. The summed E-state index contributed by atoms with van der Waals surface area (Å²) >= 11 is 1.72. The van der Waals surface area contributed by atoms with E-state index in [1.165, 1.54) is 4.90 Å². The summed E-state index contributed by atoms with van der Waals surface area (Å²) in [6.07, 6.45) is 0.757. The van der Waals surface area contributed by atoms with Crippen molar-refractivity contribution in [1.82, 2.24) is 4.90 Å². The standard InChI is InChI=1S/C20H18N2O3S/c21-14-15-6-8-16(9-7-15)25-11-13-26-12-3-10-22-19(23)17-4-1-2-5-18(17)20(22)24/h1-2,4-9H,3,10-13H2. The smallest absolute Gasteiger partial charge is 0.261 e. The van der Waals surface area contributed by atoms with E-state index in [0.29, 0.717) is 29.8 Å². The third-order valence-corrected chi connectivity index (χ3v) is 5.06. The van der Waals surface area contributed by atoms with Crippen LogP contribution in [0.2, 0.25) is 0 Å². The molecule has 2 aromatic rings. The monoisotopic (exact) mass is 366 g/mol. The first-order valence-electron chi connectivity index (χ1n) is 8.36. The second kappa shape index (κ2) is 8.54. The molecule has 6 heteroatoms. The summed E-state index contributed by atoms with van der Waals surface area (Å²) in [6.45, 7) is 1.01. The van der Waals surface area contributed by atoms with Crippen LogP contribution >= 0.6 is 11.8 Å². The van der Waals surface area contributed by atoms with E-state index in [1.807, 2.05) is 0 Å². The van der Waals surface area contributed by atoms with Gasteiger partial charge in [0.2, 0.25) is 0 Å². The summed E-state index contributed by atoms with van der Waals surface area (Å²) in [5.41, 5.74) is 1.61. The third kappa shape index (κ3) is 4.06. The molecule has 1 heterocycles. The molecule has 1 aliphatic rings. The molecule has 0 fully saturated rings. The number of amides is 2. The fourth-order valence-electron chi connectivity index (χ4n) is 2.71. The molecule has 0 N–H and O–H groups in total. The largest absolute Gasteiger partial charge is 0.493 e. The molecule has 2 aromatic carbocycles. The van der Waals surface area contributed by atoms with Gasteiger partial charge in [-0.1, -0.05) is 12.1 Å². The topological polar surface area (TPSA) is 70.4 Å². The highest BCUT2D eigenvalue weighted by Gasteiger charge is 2.34. The van der Waals surface area contributed by atoms with Gasteiger partial charge in [-0.25, -0.2) is 0 Å². The molecule has 0 aromatic heterocycles. The van der Waals surface area contributed by atoms with Crippen molar-refractivity contribution in [3.8, 4) is 11.8 Å². The molecule has 132 valence electrons. The lowest BCUT2D eigenvalue weighted by Gasteiger charge is -2.13. The number of fused-ring (bicyclic) bond motifs is 1. The average Bonchev–Trinajstić information content (AvgIpc) is 2.92. The van der Waals surface area contributed by atoms with Gasteiger partial charge in [-0.3, -0.25) is 14.5 Å². The van der Waals surface area contributed by atoms with Gasteiger partial charge in [0, 0.05) is 12.3 Å². The van der Waals surface area contributed by atoms with E-state index in [2.05, 4.69) is 6.07 Å². The molecule has 0 unspecified atom stereocenters. The van der Waals surface area contributed by atoms with Gasteiger partial charge < -0.3 is 4.74 Å². The predicted molar refractivity (Wildman–Crippen MR) is 100 cm³/mol. The van der Waals surface area contributed by atoms with Gasteiger partial charge in [-0.05, 0) is 48.6 Å². The van der Waals surface area contributed by atoms with Crippen LogP contribution in [0.5, 0.6) is 5.75 Å². The van der Waals surface area contributed by atoms with Gasteiger partial charge in [0.05, 0.1) is 29.4 Å². The third-order valence-electron chi connectivity index (χ3n) is 4.03. The normalized spacial score (nSPS) is 12.8. The van der Waals surface area contributed by atoms with Gasteiger partial charge >= 0.3 is 0 Å². The Morgan fingerprint density at radius 3 is 2.23 bits per heavy atom. The fraction of sp³-hybridized carbons (Fsp3) is 0.250. The molecule has 0 spiro atoms. The second-order valence-corrected chi connectivity index (χ2v) is 6.98. The molecule has 26 heavy (non-hydrogen) atoms. The minimum atomic E-state index is -0.195. The Labute approximate surface area is 156 Å². The van der Waals surface area contributed by atoms with Crippen LogP contribution in [-0.4, -0.2) is 41.4 Å². The van der Waals surface area contributed by atoms with Gasteiger partial charge in [0.15, 0.2) is 0 Å². The van der Waals surface area contributed by atoms with E-state index in [9.17, 15) is 9.59 Å². The Morgan fingerprint density at radius 1 is 0.962 bits per heavy atom. The average molecular weight is 366 g/mol. The number of nitriles is 1. The van der Waals surface area contributed by atoms with Gasteiger partial charge in [-0.15, -0.1) is 0 Å². The lowest BCUT2D eigenvalue weighted by Crippen LogP contribution is -2.31. The Bertz CT molecular complexity index is 808. The lowest BCUT2D eigenvalue weighted by molar-refractivity contribution is 0.0655. The first-order valence-corrected chi connectivity index (χ1v) is 9.52. The quantitative estimate of drug-likeness (QED) is 0.529. The van der Waals surface area contributed by atoms with Crippen LogP contribution in [0.25, 0.3) is 0 Å². The summed E-state index contributed by atoms with van der Waals surface area (Å²) in [4.78, 5) is 25.8. The number of carbonyl (C=O) groups excluding carboxylic acids is 2. The molecular weight excluding hydrogens is 348 g/mol. The Balaban J connectivity index is 1.33. The molecule has 0 saturated heterocycles. The zero-order valence-corrected chi connectivity index (χ0v) is 15.0. The second-order valence-electron chi connectivity index (χ2n) is 5.76. The Kier molecular flexibility index (Phi) is 5.92. The van der Waals surface area contributed by atoms with E-state index in [4.69, 9.17) is 10.00 Å². The van der Waals surface area contributed by atoms with E-state index in [-0.39, 0.29) is 11.8 Å². The number of hydrogen-bond donors (Lipinski definition) is 0. The van der Waals surface area contributed by atoms with Crippen LogP contribution in [0.15, 0.2) is 48.5 Å². The van der Waals surface area contributed by atoms with E-state index >= 15 is 0 Å². The van der Waals surface area contributed by atoms with Crippen molar-refractivity contribution in [1.29, 1.82) is 5.26 Å². The zero-order chi connectivity index (χ0) is 18.4. The van der Waals surface area contributed by atoms with Crippen molar-refractivity contribution >= 4 is 23.6 Å². The molecule has 0 radical (unpaired) electrons. The summed E-state index contributed by atoms with van der Waals surface area (Å²) in [5.74, 6) is 2.03. The number of imide groups is 1.